The van der Waals surface area contributed by atoms with Gasteiger partial charge in [-0.1, -0.05) is 17.7 Å². The molecule has 0 aliphatic rings. The maximum Gasteiger partial charge on any atom is 0.228 e. The minimum atomic E-state index is 0.520. The van der Waals surface area contributed by atoms with Crippen molar-refractivity contribution in [2.24, 2.45) is 5.84 Å². The first-order valence-corrected chi connectivity index (χ1v) is 3.36. The molecule has 2 N–H and O–H groups in total. The smallest absolute Gasteiger partial charge is 0.228 e. The fourth-order valence-corrected chi connectivity index (χ4v) is 0.882. The van der Waals surface area contributed by atoms with E-state index in [4.69, 9.17) is 17.4 Å². The molecule has 0 aliphatic carbocycles. The molecule has 58 valence electrons. The Bertz CT molecular complexity index is 264. The summed E-state index contributed by atoms with van der Waals surface area (Å²) in [6.45, 7) is 0. The van der Waals surface area contributed by atoms with Crippen molar-refractivity contribution in [1.82, 2.24) is 0 Å². The van der Waals surface area contributed by atoms with Crippen LogP contribution in [0, 0.1) is 0 Å². The number of hydrogen-bond donors (Lipinski definition) is 1. The monoisotopic (exact) mass is 170 g/mol. The lowest BCUT2D eigenvalue weighted by molar-refractivity contribution is -0.107. The molecule has 3 nitrogen and oxygen atoms in total. The van der Waals surface area contributed by atoms with Gasteiger partial charge in [0.1, 0.15) is 0 Å². The van der Waals surface area contributed by atoms with Crippen LogP contribution in [0.5, 0.6) is 0 Å². The minimum absolute atomic E-state index is 0.520. The number of carbonyl (C=O) groups is 1. The van der Waals surface area contributed by atoms with Crippen LogP contribution in [0.25, 0.3) is 0 Å². The summed E-state index contributed by atoms with van der Waals surface area (Å²) in [6, 6.07) is 6.74. The van der Waals surface area contributed by atoms with E-state index in [9.17, 15) is 4.79 Å². The highest BCUT2D eigenvalue weighted by atomic mass is 35.5. The normalized spacial score (nSPS) is 9.27. The van der Waals surface area contributed by atoms with E-state index in [2.05, 4.69) is 0 Å². The second-order valence-electron chi connectivity index (χ2n) is 1.99. The molecule has 1 rings (SSSR count). The molecule has 11 heavy (non-hydrogen) atoms. The SMILES string of the molecule is NN(C=O)c1cccc(Cl)c1. The average molecular weight is 171 g/mol. The molecule has 0 fully saturated rings. The van der Waals surface area contributed by atoms with Crippen LogP contribution in [-0.2, 0) is 4.79 Å². The molecule has 1 aromatic rings. The predicted octanol–water partition coefficient (Wildman–Crippen LogP) is 1.18. The molecule has 1 aromatic carbocycles. The largest absolute Gasteiger partial charge is 0.277 e. The van der Waals surface area contributed by atoms with Gasteiger partial charge in [-0.25, -0.2) is 5.84 Å². The van der Waals surface area contributed by atoms with Crippen molar-refractivity contribution in [1.29, 1.82) is 0 Å². The third kappa shape index (κ3) is 1.93. The van der Waals surface area contributed by atoms with Crippen molar-refractivity contribution in [2.45, 2.75) is 0 Å². The molecule has 0 spiro atoms. The maximum atomic E-state index is 10.2. The fourth-order valence-electron chi connectivity index (χ4n) is 0.698. The Morgan fingerprint density at radius 3 is 2.82 bits per heavy atom. The number of anilines is 1. The first-order valence-electron chi connectivity index (χ1n) is 2.99. The van der Waals surface area contributed by atoms with Gasteiger partial charge in [0.05, 0.1) is 5.69 Å². The van der Waals surface area contributed by atoms with E-state index in [1.54, 1.807) is 24.3 Å². The quantitative estimate of drug-likeness (QED) is 0.314. The maximum absolute atomic E-state index is 10.2. The molecule has 0 atom stereocenters. The Morgan fingerprint density at radius 2 is 2.27 bits per heavy atom. The third-order valence-corrected chi connectivity index (χ3v) is 1.46. The molecule has 0 unspecified atom stereocenters. The first-order chi connectivity index (χ1) is 5.24. The molecular weight excluding hydrogens is 164 g/mol. The summed E-state index contributed by atoms with van der Waals surface area (Å²) in [5.41, 5.74) is 0.576. The summed E-state index contributed by atoms with van der Waals surface area (Å²) in [4.78, 5) is 10.2. The second-order valence-corrected chi connectivity index (χ2v) is 2.43. The number of carbonyl (C=O) groups excluding carboxylic acids is 1. The van der Waals surface area contributed by atoms with E-state index in [-0.39, 0.29) is 0 Å². The molecule has 4 heteroatoms. The van der Waals surface area contributed by atoms with Gasteiger partial charge >= 0.3 is 0 Å². The Morgan fingerprint density at radius 1 is 1.55 bits per heavy atom. The summed E-state index contributed by atoms with van der Waals surface area (Å²) >= 11 is 5.65. The zero-order chi connectivity index (χ0) is 8.27. The standard InChI is InChI=1S/C7H7ClN2O/c8-6-2-1-3-7(4-6)10(9)5-11/h1-5H,9H2. The van der Waals surface area contributed by atoms with Crippen LogP contribution in [0.3, 0.4) is 0 Å². The molecule has 0 radical (unpaired) electrons. The summed E-state index contributed by atoms with van der Waals surface area (Å²) in [6.07, 6.45) is 0.520. The van der Waals surface area contributed by atoms with Gasteiger partial charge in [-0.2, -0.15) is 0 Å². The molecule has 0 aromatic heterocycles. The van der Waals surface area contributed by atoms with E-state index in [0.717, 1.165) is 5.01 Å². The minimum Gasteiger partial charge on any atom is -0.277 e. The molecule has 0 bridgehead atoms. The summed E-state index contributed by atoms with van der Waals surface area (Å²) in [5.74, 6) is 5.27. The molecule has 0 heterocycles. The number of nitrogens with zero attached hydrogens (tertiary/aromatic N) is 1. The van der Waals surface area contributed by atoms with Crippen molar-refractivity contribution in [2.75, 3.05) is 5.01 Å². The van der Waals surface area contributed by atoms with Gasteiger partial charge < -0.3 is 0 Å². The van der Waals surface area contributed by atoms with Crippen molar-refractivity contribution in [3.63, 3.8) is 0 Å². The highest BCUT2D eigenvalue weighted by Gasteiger charge is 1.97. The van der Waals surface area contributed by atoms with Gasteiger partial charge in [0, 0.05) is 5.02 Å². The number of rotatable bonds is 2. The lowest BCUT2D eigenvalue weighted by atomic mass is 10.3. The van der Waals surface area contributed by atoms with Gasteiger partial charge in [-0.05, 0) is 18.2 Å². The number of halogens is 1. The van der Waals surface area contributed by atoms with Crippen LogP contribution in [0.1, 0.15) is 0 Å². The number of hydrogen-bond acceptors (Lipinski definition) is 2. The highest BCUT2D eigenvalue weighted by molar-refractivity contribution is 6.30. The zero-order valence-electron chi connectivity index (χ0n) is 5.70. The number of nitrogens with two attached hydrogens (primary N) is 1. The third-order valence-electron chi connectivity index (χ3n) is 1.22. The van der Waals surface area contributed by atoms with Crippen molar-refractivity contribution in [3.05, 3.63) is 29.3 Å². The van der Waals surface area contributed by atoms with Crippen LogP contribution in [0.2, 0.25) is 5.02 Å². The van der Waals surface area contributed by atoms with Crippen molar-refractivity contribution >= 4 is 23.7 Å². The topological polar surface area (TPSA) is 46.3 Å². The summed E-state index contributed by atoms with van der Waals surface area (Å²) < 4.78 is 0. The van der Waals surface area contributed by atoms with Gasteiger partial charge in [-0.3, -0.25) is 9.80 Å². The van der Waals surface area contributed by atoms with Gasteiger partial charge in [0.25, 0.3) is 0 Å². The molecule has 0 saturated heterocycles. The first kappa shape index (κ1) is 8.04. The van der Waals surface area contributed by atoms with Crippen molar-refractivity contribution < 1.29 is 4.79 Å². The lowest BCUT2D eigenvalue weighted by Gasteiger charge is -2.08. The second kappa shape index (κ2) is 3.37. The predicted molar refractivity (Wildman–Crippen MR) is 44.2 cm³/mol. The van der Waals surface area contributed by atoms with Crippen LogP contribution < -0.4 is 10.9 Å². The van der Waals surface area contributed by atoms with Gasteiger partial charge in [0.15, 0.2) is 0 Å². The lowest BCUT2D eigenvalue weighted by Crippen LogP contribution is -2.28. The fraction of sp³-hybridized carbons (Fsp3) is 0. The molecule has 0 aliphatic heterocycles. The molecular formula is C7H7ClN2O. The van der Waals surface area contributed by atoms with Gasteiger partial charge in [0.2, 0.25) is 6.41 Å². The summed E-state index contributed by atoms with van der Waals surface area (Å²) in [5, 5.41) is 1.52. The molecule has 0 saturated carbocycles. The Hall–Kier alpha value is -1.06. The van der Waals surface area contributed by atoms with Crippen LogP contribution in [0.4, 0.5) is 5.69 Å². The Kier molecular flexibility index (Phi) is 2.46. The van der Waals surface area contributed by atoms with E-state index in [1.807, 2.05) is 0 Å². The molecule has 1 amide bonds. The highest BCUT2D eigenvalue weighted by Crippen LogP contribution is 2.15. The number of amides is 1. The van der Waals surface area contributed by atoms with Crippen LogP contribution in [-0.4, -0.2) is 6.41 Å². The van der Waals surface area contributed by atoms with Crippen molar-refractivity contribution in [3.8, 4) is 0 Å². The van der Waals surface area contributed by atoms with Crippen LogP contribution in [0.15, 0.2) is 24.3 Å². The summed E-state index contributed by atoms with van der Waals surface area (Å²) in [7, 11) is 0. The van der Waals surface area contributed by atoms with E-state index in [1.165, 1.54) is 0 Å². The van der Waals surface area contributed by atoms with E-state index in [0.29, 0.717) is 17.1 Å². The van der Waals surface area contributed by atoms with E-state index >= 15 is 0 Å². The Balaban J connectivity index is 2.95. The number of benzene rings is 1. The van der Waals surface area contributed by atoms with E-state index < -0.39 is 0 Å². The van der Waals surface area contributed by atoms with Crippen LogP contribution >= 0.6 is 11.6 Å². The Labute approximate surface area is 69.3 Å². The van der Waals surface area contributed by atoms with Gasteiger partial charge in [-0.15, -0.1) is 0 Å². The zero-order valence-corrected chi connectivity index (χ0v) is 6.45. The number of hydrazine groups is 1. The average Bonchev–Trinajstić information content (AvgIpc) is 2.03.